The molecule has 27 heavy (non-hydrogen) atoms. The van der Waals surface area contributed by atoms with E-state index in [0.717, 1.165) is 44.4 Å². The molecule has 0 amide bonds. The molecule has 0 spiro atoms. The van der Waals surface area contributed by atoms with Crippen molar-refractivity contribution in [2.24, 2.45) is 0 Å². The van der Waals surface area contributed by atoms with Crippen LogP contribution in [0.2, 0.25) is 0 Å². The summed E-state index contributed by atoms with van der Waals surface area (Å²) in [4.78, 5) is 13.3. The van der Waals surface area contributed by atoms with Gasteiger partial charge in [0.05, 0.1) is 12.6 Å². The highest BCUT2D eigenvalue weighted by Crippen LogP contribution is 2.37. The number of benzene rings is 1. The number of nitrogens with zero attached hydrogens (tertiary/aromatic N) is 3. The molecule has 3 aromatic heterocycles. The Hall–Kier alpha value is -3.53. The topological polar surface area (TPSA) is 47.9 Å². The van der Waals surface area contributed by atoms with Gasteiger partial charge in [-0.3, -0.25) is 9.97 Å². The number of aromatic nitrogens is 3. The second-order valence-corrected chi connectivity index (χ2v) is 6.28. The minimum absolute atomic E-state index is 0.710. The van der Waals surface area contributed by atoms with Crippen molar-refractivity contribution in [2.75, 3.05) is 7.11 Å². The third-order valence-electron chi connectivity index (χ3n) is 4.65. The summed E-state index contributed by atoms with van der Waals surface area (Å²) in [5, 5.41) is 0.944. The number of methoxy groups -OCH3 is 1. The first-order chi connectivity index (χ1) is 13.2. The Labute approximate surface area is 158 Å². The van der Waals surface area contributed by atoms with Crippen molar-refractivity contribution < 1.29 is 4.74 Å². The van der Waals surface area contributed by atoms with Crippen LogP contribution in [0.3, 0.4) is 0 Å². The quantitative estimate of drug-likeness (QED) is 0.498. The van der Waals surface area contributed by atoms with Crippen LogP contribution in [-0.4, -0.2) is 22.1 Å². The zero-order valence-electron chi connectivity index (χ0n) is 15.3. The highest BCUT2D eigenvalue weighted by molar-refractivity contribution is 5.95. The predicted octanol–water partition coefficient (Wildman–Crippen LogP) is 5.32. The molecule has 132 valence electrons. The molecule has 0 bridgehead atoms. The molecule has 4 nitrogen and oxygen atoms in total. The van der Waals surface area contributed by atoms with Gasteiger partial charge in [-0.15, -0.1) is 0 Å². The summed E-state index contributed by atoms with van der Waals surface area (Å²) in [6.07, 6.45) is 9.03. The number of ether oxygens (including phenoxy) is 1. The normalized spacial score (nSPS) is 10.7. The van der Waals surface area contributed by atoms with E-state index in [-0.39, 0.29) is 0 Å². The van der Waals surface area contributed by atoms with Crippen molar-refractivity contribution in [3.63, 3.8) is 0 Å². The van der Waals surface area contributed by atoms with E-state index in [1.54, 1.807) is 25.6 Å². The molecule has 0 atom stereocenters. The standard InChI is InChI=1S/C23H19N3O/c1-4-19-20-14-25-13-15(2)21(20)26-22(23(19)27-3)18-7-5-16(6-8-18)17-9-11-24-12-10-17/h4-14H,1H2,2-3H3. The van der Waals surface area contributed by atoms with Crippen LogP contribution in [0.1, 0.15) is 11.1 Å². The van der Waals surface area contributed by atoms with Crippen LogP contribution < -0.4 is 4.74 Å². The van der Waals surface area contributed by atoms with E-state index < -0.39 is 0 Å². The molecule has 3 heterocycles. The zero-order valence-corrected chi connectivity index (χ0v) is 15.3. The summed E-state index contributed by atoms with van der Waals surface area (Å²) in [6, 6.07) is 12.3. The molecule has 0 aliphatic rings. The van der Waals surface area contributed by atoms with Crippen LogP contribution in [0.15, 0.2) is 67.8 Å². The van der Waals surface area contributed by atoms with Gasteiger partial charge in [0.1, 0.15) is 5.69 Å². The van der Waals surface area contributed by atoms with Crippen molar-refractivity contribution in [2.45, 2.75) is 6.92 Å². The molecule has 0 fully saturated rings. The molecule has 0 radical (unpaired) electrons. The lowest BCUT2D eigenvalue weighted by Gasteiger charge is -2.15. The van der Waals surface area contributed by atoms with E-state index in [1.807, 2.05) is 31.5 Å². The molecule has 0 N–H and O–H groups in total. The number of rotatable bonds is 4. The fourth-order valence-electron chi connectivity index (χ4n) is 3.29. The highest BCUT2D eigenvalue weighted by Gasteiger charge is 2.17. The lowest BCUT2D eigenvalue weighted by atomic mass is 10.00. The molecule has 1 aromatic carbocycles. The molecule has 4 heteroatoms. The Balaban J connectivity index is 1.90. The van der Waals surface area contributed by atoms with Crippen LogP contribution in [0.25, 0.3) is 39.4 Å². The summed E-state index contributed by atoms with van der Waals surface area (Å²) in [6.45, 7) is 5.98. The summed E-state index contributed by atoms with van der Waals surface area (Å²) in [5.74, 6) is 0.710. The van der Waals surface area contributed by atoms with Gasteiger partial charge in [0.15, 0.2) is 5.75 Å². The van der Waals surface area contributed by atoms with Crippen molar-refractivity contribution in [1.29, 1.82) is 0 Å². The van der Waals surface area contributed by atoms with E-state index in [2.05, 4.69) is 40.8 Å². The lowest BCUT2D eigenvalue weighted by Crippen LogP contribution is -1.98. The van der Waals surface area contributed by atoms with Gasteiger partial charge in [0.2, 0.25) is 0 Å². The third-order valence-corrected chi connectivity index (χ3v) is 4.65. The van der Waals surface area contributed by atoms with Crippen LogP contribution in [0, 0.1) is 6.92 Å². The maximum Gasteiger partial charge on any atom is 0.153 e. The Morgan fingerprint density at radius 2 is 1.56 bits per heavy atom. The van der Waals surface area contributed by atoms with Gasteiger partial charge in [-0.2, -0.15) is 0 Å². The Morgan fingerprint density at radius 1 is 0.889 bits per heavy atom. The maximum atomic E-state index is 5.71. The number of pyridine rings is 3. The smallest absolute Gasteiger partial charge is 0.153 e. The molecule has 4 aromatic rings. The van der Waals surface area contributed by atoms with Crippen LogP contribution in [0.5, 0.6) is 5.75 Å². The summed E-state index contributed by atoms with van der Waals surface area (Å²) < 4.78 is 5.71. The first kappa shape index (κ1) is 16.9. The SMILES string of the molecule is C=Cc1c(OC)c(-c2ccc(-c3ccncc3)cc2)nc2c(C)cncc12. The Morgan fingerprint density at radius 3 is 2.22 bits per heavy atom. The average molecular weight is 353 g/mol. The van der Waals surface area contributed by atoms with Gasteiger partial charge in [0.25, 0.3) is 0 Å². The predicted molar refractivity (Wildman–Crippen MR) is 110 cm³/mol. The van der Waals surface area contributed by atoms with Gasteiger partial charge in [0, 0.05) is 41.3 Å². The van der Waals surface area contributed by atoms with Crippen LogP contribution in [0.4, 0.5) is 0 Å². The molecule has 0 unspecified atom stereocenters. The van der Waals surface area contributed by atoms with Crippen molar-refractivity contribution in [3.05, 3.63) is 78.9 Å². The van der Waals surface area contributed by atoms with Gasteiger partial charge < -0.3 is 4.74 Å². The van der Waals surface area contributed by atoms with Gasteiger partial charge in [-0.1, -0.05) is 36.9 Å². The third kappa shape index (κ3) is 2.95. The second-order valence-electron chi connectivity index (χ2n) is 6.28. The van der Waals surface area contributed by atoms with Crippen molar-refractivity contribution in [3.8, 4) is 28.1 Å². The molecule has 0 aliphatic carbocycles. The van der Waals surface area contributed by atoms with Crippen molar-refractivity contribution >= 4 is 17.0 Å². The first-order valence-electron chi connectivity index (χ1n) is 8.68. The largest absolute Gasteiger partial charge is 0.494 e. The lowest BCUT2D eigenvalue weighted by molar-refractivity contribution is 0.414. The van der Waals surface area contributed by atoms with Gasteiger partial charge in [-0.05, 0) is 35.7 Å². The average Bonchev–Trinajstić information content (AvgIpc) is 2.73. The van der Waals surface area contributed by atoms with E-state index in [4.69, 9.17) is 9.72 Å². The minimum atomic E-state index is 0.710. The number of aryl methyl sites for hydroxylation is 1. The fourth-order valence-corrected chi connectivity index (χ4v) is 3.29. The zero-order chi connectivity index (χ0) is 18.8. The number of hydrogen-bond acceptors (Lipinski definition) is 4. The Kier molecular flexibility index (Phi) is 4.38. The van der Waals surface area contributed by atoms with Crippen molar-refractivity contribution in [1.82, 2.24) is 15.0 Å². The molecule has 4 rings (SSSR count). The van der Waals surface area contributed by atoms with E-state index >= 15 is 0 Å². The molecule has 0 aliphatic heterocycles. The molecular formula is C23H19N3O. The van der Waals surface area contributed by atoms with E-state index in [0.29, 0.717) is 5.75 Å². The Bertz CT molecular complexity index is 1120. The monoisotopic (exact) mass is 353 g/mol. The van der Waals surface area contributed by atoms with Gasteiger partial charge >= 0.3 is 0 Å². The summed E-state index contributed by atoms with van der Waals surface area (Å²) in [5.41, 5.74) is 6.89. The fraction of sp³-hybridized carbons (Fsp3) is 0.0870. The second kappa shape index (κ2) is 7.00. The highest BCUT2D eigenvalue weighted by atomic mass is 16.5. The number of hydrogen-bond donors (Lipinski definition) is 0. The van der Waals surface area contributed by atoms with E-state index in [1.165, 1.54) is 0 Å². The van der Waals surface area contributed by atoms with Crippen LogP contribution in [-0.2, 0) is 0 Å². The molecular weight excluding hydrogens is 334 g/mol. The minimum Gasteiger partial charge on any atom is -0.494 e. The molecule has 0 saturated heterocycles. The summed E-state index contributed by atoms with van der Waals surface area (Å²) in [7, 11) is 1.66. The maximum absolute atomic E-state index is 5.71. The van der Waals surface area contributed by atoms with Gasteiger partial charge in [-0.25, -0.2) is 4.98 Å². The molecule has 0 saturated carbocycles. The van der Waals surface area contributed by atoms with E-state index in [9.17, 15) is 0 Å². The first-order valence-corrected chi connectivity index (χ1v) is 8.68. The van der Waals surface area contributed by atoms with Crippen LogP contribution >= 0.6 is 0 Å². The summed E-state index contributed by atoms with van der Waals surface area (Å²) >= 11 is 0. The number of fused-ring (bicyclic) bond motifs is 1.